The van der Waals surface area contributed by atoms with E-state index >= 15 is 0 Å². The predicted octanol–water partition coefficient (Wildman–Crippen LogP) is 2.10. The van der Waals surface area contributed by atoms with E-state index in [1.54, 1.807) is 12.1 Å². The minimum Gasteiger partial charge on any atom is -0.493 e. The monoisotopic (exact) mass is 252 g/mol. The number of nitrogens with two attached hydrogens (primary N) is 1. The number of benzene rings is 1. The Balaban J connectivity index is 2.61. The highest BCUT2D eigenvalue weighted by molar-refractivity contribution is 9.10. The van der Waals surface area contributed by atoms with Crippen LogP contribution in [0.25, 0.3) is 0 Å². The van der Waals surface area contributed by atoms with E-state index in [-0.39, 0.29) is 6.04 Å². The molecule has 0 saturated heterocycles. The topological polar surface area (TPSA) is 59.0 Å². The smallest absolute Gasteiger partial charge is 0.125 e. The van der Waals surface area contributed by atoms with Crippen molar-refractivity contribution in [3.8, 4) is 11.8 Å². The lowest BCUT2D eigenvalue weighted by atomic mass is 9.99. The molecule has 0 aromatic heterocycles. The molecule has 3 nitrogen and oxygen atoms in total. The van der Waals surface area contributed by atoms with Crippen molar-refractivity contribution in [1.29, 1.82) is 5.26 Å². The van der Waals surface area contributed by atoms with Gasteiger partial charge >= 0.3 is 0 Å². The van der Waals surface area contributed by atoms with Crippen LogP contribution in [0.15, 0.2) is 16.6 Å². The average molecular weight is 253 g/mol. The second-order valence-electron chi connectivity index (χ2n) is 3.19. The zero-order valence-corrected chi connectivity index (χ0v) is 9.04. The van der Waals surface area contributed by atoms with Crippen molar-refractivity contribution in [3.63, 3.8) is 0 Å². The highest BCUT2D eigenvalue weighted by Gasteiger charge is 2.22. The number of fused-ring (bicyclic) bond motifs is 1. The molecule has 1 unspecified atom stereocenters. The van der Waals surface area contributed by atoms with Crippen molar-refractivity contribution in [2.75, 3.05) is 6.61 Å². The Kier molecular flexibility index (Phi) is 2.44. The maximum atomic E-state index is 8.84. The molecule has 0 amide bonds. The van der Waals surface area contributed by atoms with Crippen molar-refractivity contribution >= 4 is 15.9 Å². The van der Waals surface area contributed by atoms with E-state index in [9.17, 15) is 0 Å². The minimum absolute atomic E-state index is 0.0403. The number of ether oxygens (including phenoxy) is 1. The number of halogens is 1. The van der Waals surface area contributed by atoms with Crippen LogP contribution < -0.4 is 10.5 Å². The molecule has 0 radical (unpaired) electrons. The summed E-state index contributed by atoms with van der Waals surface area (Å²) in [5.74, 6) is 0.787. The fourth-order valence-corrected chi connectivity index (χ4v) is 2.28. The van der Waals surface area contributed by atoms with Crippen molar-refractivity contribution in [3.05, 3.63) is 27.7 Å². The zero-order valence-electron chi connectivity index (χ0n) is 7.46. The first kappa shape index (κ1) is 9.50. The maximum absolute atomic E-state index is 8.84. The summed E-state index contributed by atoms with van der Waals surface area (Å²) in [7, 11) is 0. The van der Waals surface area contributed by atoms with Gasteiger partial charge in [-0.05, 0) is 28.1 Å². The lowest BCUT2D eigenvalue weighted by Gasteiger charge is -2.24. The van der Waals surface area contributed by atoms with E-state index in [0.29, 0.717) is 12.2 Å². The van der Waals surface area contributed by atoms with Gasteiger partial charge in [0.05, 0.1) is 12.2 Å². The van der Waals surface area contributed by atoms with Gasteiger partial charge in [-0.3, -0.25) is 0 Å². The molecule has 2 rings (SSSR count). The fraction of sp³-hybridized carbons (Fsp3) is 0.300. The molecule has 1 aliphatic heterocycles. The number of nitrogens with zero attached hydrogens (tertiary/aromatic N) is 1. The van der Waals surface area contributed by atoms with Gasteiger partial charge in [0.15, 0.2) is 0 Å². The number of nitriles is 1. The number of hydrogen-bond acceptors (Lipinski definition) is 3. The van der Waals surface area contributed by atoms with Crippen LogP contribution in [0.2, 0.25) is 0 Å². The summed E-state index contributed by atoms with van der Waals surface area (Å²) in [6.45, 7) is 0.645. The van der Waals surface area contributed by atoms with Gasteiger partial charge in [0.2, 0.25) is 0 Å². The van der Waals surface area contributed by atoms with Gasteiger partial charge < -0.3 is 10.5 Å². The first-order valence-corrected chi connectivity index (χ1v) is 5.14. The van der Waals surface area contributed by atoms with Crippen molar-refractivity contribution in [2.45, 2.75) is 12.5 Å². The number of hydrogen-bond donors (Lipinski definition) is 1. The molecule has 2 N–H and O–H groups in total. The van der Waals surface area contributed by atoms with Gasteiger partial charge in [0.1, 0.15) is 11.8 Å². The lowest BCUT2D eigenvalue weighted by Crippen LogP contribution is -2.21. The highest BCUT2D eigenvalue weighted by atomic mass is 79.9. The van der Waals surface area contributed by atoms with Crippen molar-refractivity contribution < 1.29 is 4.74 Å². The van der Waals surface area contributed by atoms with Gasteiger partial charge in [0, 0.05) is 22.5 Å². The molecule has 0 saturated carbocycles. The molecule has 72 valence electrons. The first-order valence-electron chi connectivity index (χ1n) is 4.35. The van der Waals surface area contributed by atoms with Crippen LogP contribution in [-0.4, -0.2) is 6.61 Å². The average Bonchev–Trinajstić information content (AvgIpc) is 2.18. The molecule has 0 fully saturated rings. The Bertz CT molecular complexity index is 411. The molecule has 1 aromatic carbocycles. The lowest BCUT2D eigenvalue weighted by molar-refractivity contribution is 0.268. The molecular weight excluding hydrogens is 244 g/mol. The SMILES string of the molecule is N#Cc1ccc2c(c1Br)C(N)CCO2. The Morgan fingerprint density at radius 2 is 2.36 bits per heavy atom. The molecule has 1 heterocycles. The van der Waals surface area contributed by atoms with Crippen LogP contribution in [0.1, 0.15) is 23.6 Å². The van der Waals surface area contributed by atoms with E-state index in [2.05, 4.69) is 22.0 Å². The van der Waals surface area contributed by atoms with Gasteiger partial charge in [-0.1, -0.05) is 0 Å². The molecule has 4 heteroatoms. The van der Waals surface area contributed by atoms with Crippen LogP contribution >= 0.6 is 15.9 Å². The summed E-state index contributed by atoms with van der Waals surface area (Å²) < 4.78 is 6.22. The third-order valence-electron chi connectivity index (χ3n) is 2.32. The van der Waals surface area contributed by atoms with E-state index in [4.69, 9.17) is 15.7 Å². The van der Waals surface area contributed by atoms with E-state index in [1.165, 1.54) is 0 Å². The molecule has 0 spiro atoms. The Morgan fingerprint density at radius 3 is 3.07 bits per heavy atom. The molecule has 1 aliphatic rings. The highest BCUT2D eigenvalue weighted by Crippen LogP contribution is 2.37. The maximum Gasteiger partial charge on any atom is 0.125 e. The normalized spacial score (nSPS) is 19.4. The third-order valence-corrected chi connectivity index (χ3v) is 3.17. The van der Waals surface area contributed by atoms with Crippen LogP contribution in [0.4, 0.5) is 0 Å². The van der Waals surface area contributed by atoms with Crippen LogP contribution in [0, 0.1) is 11.3 Å². The molecule has 1 atom stereocenters. The van der Waals surface area contributed by atoms with Gasteiger partial charge in [-0.25, -0.2) is 0 Å². The molecule has 0 aliphatic carbocycles. The predicted molar refractivity (Wildman–Crippen MR) is 55.9 cm³/mol. The minimum atomic E-state index is -0.0403. The van der Waals surface area contributed by atoms with Crippen LogP contribution in [-0.2, 0) is 0 Å². The van der Waals surface area contributed by atoms with E-state index in [1.807, 2.05) is 0 Å². The number of rotatable bonds is 0. The zero-order chi connectivity index (χ0) is 10.1. The second kappa shape index (κ2) is 3.60. The molecule has 1 aromatic rings. The standard InChI is InChI=1S/C10H9BrN2O/c11-10-6(5-12)1-2-8-9(10)7(13)3-4-14-8/h1-2,7H,3-4,13H2. The third kappa shape index (κ3) is 1.39. The molecule has 0 bridgehead atoms. The fourth-order valence-electron chi connectivity index (χ4n) is 1.57. The summed E-state index contributed by atoms with van der Waals surface area (Å²) in [6, 6.07) is 5.61. The van der Waals surface area contributed by atoms with Gasteiger partial charge in [-0.2, -0.15) is 5.26 Å². The van der Waals surface area contributed by atoms with Gasteiger partial charge in [0.25, 0.3) is 0 Å². The van der Waals surface area contributed by atoms with Crippen LogP contribution in [0.3, 0.4) is 0 Å². The summed E-state index contributed by atoms with van der Waals surface area (Å²) in [5, 5.41) is 8.84. The first-order chi connectivity index (χ1) is 6.74. The molecule has 14 heavy (non-hydrogen) atoms. The largest absolute Gasteiger partial charge is 0.493 e. The summed E-state index contributed by atoms with van der Waals surface area (Å²) in [4.78, 5) is 0. The van der Waals surface area contributed by atoms with Gasteiger partial charge in [-0.15, -0.1) is 0 Å². The Labute approximate surface area is 90.6 Å². The van der Waals surface area contributed by atoms with Crippen molar-refractivity contribution in [1.82, 2.24) is 0 Å². The van der Waals surface area contributed by atoms with Crippen LogP contribution in [0.5, 0.6) is 5.75 Å². The summed E-state index contributed by atoms with van der Waals surface area (Å²) in [5.41, 5.74) is 7.47. The Morgan fingerprint density at radius 1 is 1.57 bits per heavy atom. The summed E-state index contributed by atoms with van der Waals surface area (Å²) in [6.07, 6.45) is 0.792. The van der Waals surface area contributed by atoms with E-state index < -0.39 is 0 Å². The Hall–Kier alpha value is -1.05. The van der Waals surface area contributed by atoms with Crippen molar-refractivity contribution in [2.24, 2.45) is 5.73 Å². The quantitative estimate of drug-likeness (QED) is 0.770. The van der Waals surface area contributed by atoms with E-state index in [0.717, 1.165) is 22.2 Å². The summed E-state index contributed by atoms with van der Waals surface area (Å²) >= 11 is 3.39. The molecular formula is C10H9BrN2O. The second-order valence-corrected chi connectivity index (χ2v) is 3.99.